The Morgan fingerprint density at radius 1 is 1.16 bits per heavy atom. The van der Waals surface area contributed by atoms with Crippen LogP contribution in [0.3, 0.4) is 0 Å². The topological polar surface area (TPSA) is 73.4 Å². The summed E-state index contributed by atoms with van der Waals surface area (Å²) >= 11 is 6.16. The highest BCUT2D eigenvalue weighted by atomic mass is 35.5. The van der Waals surface area contributed by atoms with Crippen LogP contribution in [0.15, 0.2) is 30.3 Å². The molecule has 0 aromatic heterocycles. The van der Waals surface area contributed by atoms with Gasteiger partial charge >= 0.3 is 0 Å². The van der Waals surface area contributed by atoms with Crippen LogP contribution in [0.5, 0.6) is 5.75 Å². The zero-order valence-electron chi connectivity index (χ0n) is 14.5. The minimum Gasteiger partial charge on any atom is -0.508 e. The van der Waals surface area contributed by atoms with Crippen molar-refractivity contribution in [3.05, 3.63) is 57.6 Å². The average molecular weight is 360 g/mol. The first-order valence-corrected chi connectivity index (χ1v) is 8.61. The Labute approximate surface area is 152 Å². The van der Waals surface area contributed by atoms with Crippen LogP contribution in [0.1, 0.15) is 34.7 Å². The Morgan fingerprint density at radius 3 is 2.64 bits per heavy atom. The van der Waals surface area contributed by atoms with Crippen molar-refractivity contribution in [2.45, 2.75) is 39.3 Å². The lowest BCUT2D eigenvalue weighted by Gasteiger charge is -2.14. The number of amides is 1. The van der Waals surface area contributed by atoms with Gasteiger partial charge in [-0.1, -0.05) is 29.3 Å². The first-order chi connectivity index (χ1) is 11.8. The quantitative estimate of drug-likeness (QED) is 0.676. The van der Waals surface area contributed by atoms with Gasteiger partial charge in [-0.2, -0.15) is 0 Å². The normalized spacial score (nSPS) is 19.8. The molecule has 132 valence electrons. The van der Waals surface area contributed by atoms with E-state index in [1.807, 2.05) is 39.0 Å². The van der Waals surface area contributed by atoms with Crippen molar-refractivity contribution in [2.24, 2.45) is 0 Å². The van der Waals surface area contributed by atoms with E-state index in [4.69, 9.17) is 11.6 Å². The second-order valence-electron chi connectivity index (χ2n) is 6.60. The maximum Gasteiger partial charge on any atom is 0.242 e. The number of hydrogen-bond donors (Lipinski definition) is 4. The van der Waals surface area contributed by atoms with E-state index >= 15 is 0 Å². The molecule has 3 rings (SSSR count). The number of phenolic OH excluding ortho intramolecular Hbond substituents is 1. The predicted molar refractivity (Wildman–Crippen MR) is 99.8 cm³/mol. The molecule has 1 amide bonds. The van der Waals surface area contributed by atoms with Crippen LogP contribution in [0.2, 0.25) is 5.02 Å². The number of aryl methyl sites for hydroxylation is 3. The molecule has 0 radical (unpaired) electrons. The molecule has 1 aliphatic heterocycles. The highest BCUT2D eigenvalue weighted by Crippen LogP contribution is 2.34. The summed E-state index contributed by atoms with van der Waals surface area (Å²) in [6.45, 7) is 5.83. The maximum absolute atomic E-state index is 12.5. The number of hydrazine groups is 1. The number of rotatable bonds is 3. The highest BCUT2D eigenvalue weighted by Gasteiger charge is 2.32. The Kier molecular flexibility index (Phi) is 4.99. The smallest absolute Gasteiger partial charge is 0.242 e. The second kappa shape index (κ2) is 7.04. The van der Waals surface area contributed by atoms with E-state index in [-0.39, 0.29) is 17.7 Å². The molecule has 0 saturated carbocycles. The number of nitrogens with one attached hydrogen (secondary N) is 3. The second-order valence-corrected chi connectivity index (χ2v) is 7.00. The molecule has 2 unspecified atom stereocenters. The van der Waals surface area contributed by atoms with E-state index in [1.165, 1.54) is 0 Å². The van der Waals surface area contributed by atoms with Gasteiger partial charge in [0, 0.05) is 16.3 Å². The molecule has 2 atom stereocenters. The van der Waals surface area contributed by atoms with Crippen LogP contribution in [0, 0.1) is 20.8 Å². The highest BCUT2D eigenvalue weighted by molar-refractivity contribution is 6.31. The number of carbonyl (C=O) groups is 1. The Hall–Kier alpha value is -2.08. The van der Waals surface area contributed by atoms with Crippen molar-refractivity contribution in [3.63, 3.8) is 0 Å². The van der Waals surface area contributed by atoms with E-state index < -0.39 is 6.04 Å². The van der Waals surface area contributed by atoms with Gasteiger partial charge < -0.3 is 10.4 Å². The predicted octanol–water partition coefficient (Wildman–Crippen LogP) is 3.52. The van der Waals surface area contributed by atoms with Gasteiger partial charge in [0.05, 0.1) is 6.04 Å². The van der Waals surface area contributed by atoms with E-state index in [2.05, 4.69) is 16.2 Å². The molecular formula is C19H22ClN3O2. The first-order valence-electron chi connectivity index (χ1n) is 8.23. The van der Waals surface area contributed by atoms with Gasteiger partial charge in [0.25, 0.3) is 0 Å². The SMILES string of the molecule is Cc1ccc(NC(=O)C2CC(c3cc(Cl)c(C)cc3O)NN2)c(C)c1. The molecule has 6 heteroatoms. The number of aromatic hydroxyl groups is 1. The lowest BCUT2D eigenvalue weighted by Crippen LogP contribution is -2.39. The minimum absolute atomic E-state index is 0.111. The van der Waals surface area contributed by atoms with Crippen LogP contribution in [0.4, 0.5) is 5.69 Å². The molecule has 2 aromatic rings. The van der Waals surface area contributed by atoms with Gasteiger partial charge in [0.1, 0.15) is 11.8 Å². The lowest BCUT2D eigenvalue weighted by atomic mass is 9.99. The molecule has 0 bridgehead atoms. The molecule has 1 heterocycles. The van der Waals surface area contributed by atoms with Crippen LogP contribution < -0.4 is 16.2 Å². The summed E-state index contributed by atoms with van der Waals surface area (Å²) in [4.78, 5) is 12.5. The zero-order chi connectivity index (χ0) is 18.1. The Bertz CT molecular complexity index is 823. The van der Waals surface area contributed by atoms with E-state index in [0.29, 0.717) is 17.0 Å². The maximum atomic E-state index is 12.5. The Balaban J connectivity index is 1.70. The summed E-state index contributed by atoms with van der Waals surface area (Å²) in [5.41, 5.74) is 10.6. The van der Waals surface area contributed by atoms with Gasteiger partial charge in [-0.3, -0.25) is 4.79 Å². The van der Waals surface area contributed by atoms with Crippen molar-refractivity contribution in [3.8, 4) is 5.75 Å². The van der Waals surface area contributed by atoms with Crippen molar-refractivity contribution < 1.29 is 9.90 Å². The van der Waals surface area contributed by atoms with Crippen molar-refractivity contribution in [2.75, 3.05) is 5.32 Å². The lowest BCUT2D eigenvalue weighted by molar-refractivity contribution is -0.117. The standard InChI is InChI=1S/C19H22ClN3O2/c1-10-4-5-15(12(3)6-10)21-19(25)17-9-16(22-23-17)13-8-14(20)11(2)7-18(13)24/h4-8,16-17,22-24H,9H2,1-3H3,(H,21,25). The van der Waals surface area contributed by atoms with Crippen molar-refractivity contribution in [1.29, 1.82) is 0 Å². The van der Waals surface area contributed by atoms with Crippen molar-refractivity contribution in [1.82, 2.24) is 10.9 Å². The summed E-state index contributed by atoms with van der Waals surface area (Å²) in [6, 6.07) is 8.72. The summed E-state index contributed by atoms with van der Waals surface area (Å²) < 4.78 is 0. The number of halogens is 1. The number of anilines is 1. The van der Waals surface area contributed by atoms with Crippen LogP contribution in [-0.4, -0.2) is 17.1 Å². The van der Waals surface area contributed by atoms with Gasteiger partial charge in [-0.25, -0.2) is 10.9 Å². The fourth-order valence-electron chi connectivity index (χ4n) is 3.07. The molecule has 4 N–H and O–H groups in total. The van der Waals surface area contributed by atoms with E-state index in [1.54, 1.807) is 12.1 Å². The molecule has 1 fully saturated rings. The van der Waals surface area contributed by atoms with E-state index in [0.717, 1.165) is 22.4 Å². The van der Waals surface area contributed by atoms with Crippen LogP contribution in [0.25, 0.3) is 0 Å². The third-order valence-corrected chi connectivity index (χ3v) is 4.95. The van der Waals surface area contributed by atoms with Gasteiger partial charge in [0.15, 0.2) is 0 Å². The molecule has 2 aromatic carbocycles. The summed E-state index contributed by atoms with van der Waals surface area (Å²) in [6.07, 6.45) is 0.518. The number of benzene rings is 2. The molecule has 1 aliphatic rings. The van der Waals surface area contributed by atoms with Crippen LogP contribution in [-0.2, 0) is 4.79 Å². The number of hydrogen-bond acceptors (Lipinski definition) is 4. The first kappa shape index (κ1) is 17.7. The van der Waals surface area contributed by atoms with E-state index in [9.17, 15) is 9.90 Å². The molecule has 0 aliphatic carbocycles. The molecule has 0 spiro atoms. The van der Waals surface area contributed by atoms with Crippen molar-refractivity contribution >= 4 is 23.2 Å². The largest absolute Gasteiger partial charge is 0.508 e. The average Bonchev–Trinajstić information content (AvgIpc) is 3.03. The molecule has 1 saturated heterocycles. The van der Waals surface area contributed by atoms with Gasteiger partial charge in [0.2, 0.25) is 5.91 Å². The molecular weight excluding hydrogens is 338 g/mol. The molecule has 5 nitrogen and oxygen atoms in total. The van der Waals surface area contributed by atoms with Gasteiger partial charge in [-0.15, -0.1) is 0 Å². The summed E-state index contributed by atoms with van der Waals surface area (Å²) in [7, 11) is 0. The summed E-state index contributed by atoms with van der Waals surface area (Å²) in [5.74, 6) is 0.0660. The molecule has 25 heavy (non-hydrogen) atoms. The fraction of sp³-hybridized carbons (Fsp3) is 0.316. The third-order valence-electron chi connectivity index (χ3n) is 4.54. The summed E-state index contributed by atoms with van der Waals surface area (Å²) in [5, 5.41) is 13.7. The Morgan fingerprint density at radius 2 is 1.92 bits per heavy atom. The van der Waals surface area contributed by atoms with Gasteiger partial charge in [-0.05, 0) is 56.5 Å². The third kappa shape index (κ3) is 3.79. The number of phenols is 1. The van der Waals surface area contributed by atoms with Crippen LogP contribution >= 0.6 is 11.6 Å². The monoisotopic (exact) mass is 359 g/mol. The zero-order valence-corrected chi connectivity index (χ0v) is 15.2. The fourth-order valence-corrected chi connectivity index (χ4v) is 3.24. The number of carbonyl (C=O) groups excluding carboxylic acids is 1. The minimum atomic E-state index is -0.398.